The van der Waals surface area contributed by atoms with Crippen molar-refractivity contribution in [2.24, 2.45) is 28.6 Å². The Hall–Kier alpha value is -0.300. The van der Waals surface area contributed by atoms with Gasteiger partial charge in [0.15, 0.2) is 0 Å². The number of carbonyl (C=O) groups excluding carboxylic acids is 1. The molecule has 116 valence electrons. The zero-order chi connectivity index (χ0) is 14.8. The Morgan fingerprint density at radius 3 is 2.62 bits per heavy atom. The molecule has 0 amide bonds. The molecule has 0 bridgehead atoms. The molecule has 0 saturated heterocycles. The van der Waals surface area contributed by atoms with E-state index in [1.807, 2.05) is 0 Å². The molecule has 6 atom stereocenters. The summed E-state index contributed by atoms with van der Waals surface area (Å²) in [7, 11) is 0. The SMILES string of the molecule is C[C@@]12CC[C@@H]3[C@H](CC=C4C[C@H](Cl)CC[C@@]43C)[C@H]1CCC2=O. The van der Waals surface area contributed by atoms with E-state index in [9.17, 15) is 4.79 Å². The number of halogens is 1. The lowest BCUT2D eigenvalue weighted by atomic mass is 9.48. The van der Waals surface area contributed by atoms with Gasteiger partial charge in [-0.05, 0) is 68.1 Å². The highest BCUT2D eigenvalue weighted by atomic mass is 35.5. The molecule has 0 radical (unpaired) electrons. The molecule has 1 nitrogen and oxygen atoms in total. The molecule has 0 aromatic rings. The number of alkyl halides is 1. The van der Waals surface area contributed by atoms with E-state index in [-0.39, 0.29) is 5.41 Å². The van der Waals surface area contributed by atoms with Crippen LogP contribution in [0.15, 0.2) is 11.6 Å². The summed E-state index contributed by atoms with van der Waals surface area (Å²) in [5.74, 6) is 2.74. The minimum absolute atomic E-state index is 0.00650. The number of rotatable bonds is 0. The molecular formula is C19H27ClO. The highest BCUT2D eigenvalue weighted by Crippen LogP contribution is 2.64. The third kappa shape index (κ3) is 1.85. The van der Waals surface area contributed by atoms with Gasteiger partial charge in [-0.3, -0.25) is 4.79 Å². The fraction of sp³-hybridized carbons (Fsp3) is 0.842. The number of carbonyl (C=O) groups is 1. The molecule has 4 aliphatic rings. The summed E-state index contributed by atoms with van der Waals surface area (Å²) >= 11 is 6.42. The van der Waals surface area contributed by atoms with Gasteiger partial charge in [-0.1, -0.05) is 25.5 Å². The molecule has 0 heterocycles. The monoisotopic (exact) mass is 306 g/mol. The van der Waals surface area contributed by atoms with Gasteiger partial charge in [0.2, 0.25) is 0 Å². The van der Waals surface area contributed by atoms with Crippen molar-refractivity contribution in [3.63, 3.8) is 0 Å². The number of hydrogen-bond donors (Lipinski definition) is 0. The average molecular weight is 307 g/mol. The van der Waals surface area contributed by atoms with Crippen LogP contribution in [0.5, 0.6) is 0 Å². The van der Waals surface area contributed by atoms with Crippen molar-refractivity contribution >= 4 is 17.4 Å². The van der Waals surface area contributed by atoms with Crippen LogP contribution in [0.1, 0.15) is 65.2 Å². The second-order valence-electron chi connectivity index (χ2n) is 8.52. The summed E-state index contributed by atoms with van der Waals surface area (Å²) in [4.78, 5) is 12.4. The molecule has 0 aromatic heterocycles. The Morgan fingerprint density at radius 1 is 1.10 bits per heavy atom. The highest BCUT2D eigenvalue weighted by Gasteiger charge is 2.58. The first-order chi connectivity index (χ1) is 9.95. The van der Waals surface area contributed by atoms with Gasteiger partial charge in [0.1, 0.15) is 5.78 Å². The number of hydrogen-bond acceptors (Lipinski definition) is 1. The van der Waals surface area contributed by atoms with Crippen LogP contribution in [0.2, 0.25) is 0 Å². The third-order valence-corrected chi connectivity index (χ3v) is 8.13. The van der Waals surface area contributed by atoms with Crippen molar-refractivity contribution in [1.29, 1.82) is 0 Å². The van der Waals surface area contributed by atoms with Crippen LogP contribution in [0.3, 0.4) is 0 Å². The van der Waals surface area contributed by atoms with Gasteiger partial charge < -0.3 is 0 Å². The van der Waals surface area contributed by atoms with Crippen molar-refractivity contribution in [1.82, 2.24) is 0 Å². The number of allylic oxidation sites excluding steroid dienone is 2. The summed E-state index contributed by atoms with van der Waals surface area (Å²) in [5, 5.41) is 0.350. The van der Waals surface area contributed by atoms with Crippen LogP contribution >= 0.6 is 11.6 Å². The van der Waals surface area contributed by atoms with E-state index in [0.29, 0.717) is 22.5 Å². The van der Waals surface area contributed by atoms with Crippen molar-refractivity contribution < 1.29 is 4.79 Å². The van der Waals surface area contributed by atoms with Crippen molar-refractivity contribution in [3.8, 4) is 0 Å². The minimum atomic E-state index is 0.00650. The molecule has 4 rings (SSSR count). The Kier molecular flexibility index (Phi) is 3.13. The maximum absolute atomic E-state index is 12.4. The van der Waals surface area contributed by atoms with Gasteiger partial charge in [0, 0.05) is 17.2 Å². The summed E-state index contributed by atoms with van der Waals surface area (Å²) in [5.41, 5.74) is 2.02. The average Bonchev–Trinajstić information content (AvgIpc) is 2.76. The second-order valence-corrected chi connectivity index (χ2v) is 9.13. The van der Waals surface area contributed by atoms with Gasteiger partial charge in [-0.2, -0.15) is 0 Å². The Labute approximate surface area is 133 Å². The molecule has 0 aliphatic heterocycles. The third-order valence-electron chi connectivity index (χ3n) is 7.75. The molecule has 3 fully saturated rings. The molecule has 4 aliphatic carbocycles. The van der Waals surface area contributed by atoms with Gasteiger partial charge in [0.25, 0.3) is 0 Å². The fourth-order valence-electron chi connectivity index (χ4n) is 6.39. The van der Waals surface area contributed by atoms with E-state index < -0.39 is 0 Å². The lowest BCUT2D eigenvalue weighted by Crippen LogP contribution is -2.50. The van der Waals surface area contributed by atoms with Crippen molar-refractivity contribution in [2.75, 3.05) is 0 Å². The Balaban J connectivity index is 1.69. The van der Waals surface area contributed by atoms with E-state index >= 15 is 0 Å². The van der Waals surface area contributed by atoms with E-state index in [0.717, 1.165) is 37.5 Å². The zero-order valence-electron chi connectivity index (χ0n) is 13.3. The molecule has 0 aromatic carbocycles. The van der Waals surface area contributed by atoms with E-state index in [2.05, 4.69) is 19.9 Å². The maximum Gasteiger partial charge on any atom is 0.139 e. The second kappa shape index (κ2) is 4.60. The highest BCUT2D eigenvalue weighted by molar-refractivity contribution is 6.20. The molecular weight excluding hydrogens is 280 g/mol. The van der Waals surface area contributed by atoms with Gasteiger partial charge in [0.05, 0.1) is 0 Å². The molecule has 2 heteroatoms. The molecule has 3 saturated carbocycles. The van der Waals surface area contributed by atoms with Gasteiger partial charge >= 0.3 is 0 Å². The van der Waals surface area contributed by atoms with E-state index in [1.165, 1.54) is 25.7 Å². The molecule has 0 spiro atoms. The van der Waals surface area contributed by atoms with Crippen LogP contribution in [0.25, 0.3) is 0 Å². The van der Waals surface area contributed by atoms with Crippen LogP contribution in [0, 0.1) is 28.6 Å². The fourth-order valence-corrected chi connectivity index (χ4v) is 6.66. The van der Waals surface area contributed by atoms with Gasteiger partial charge in [-0.15, -0.1) is 11.6 Å². The number of ketones is 1. The van der Waals surface area contributed by atoms with E-state index in [1.54, 1.807) is 5.57 Å². The van der Waals surface area contributed by atoms with Gasteiger partial charge in [-0.25, -0.2) is 0 Å². The first-order valence-corrected chi connectivity index (χ1v) is 9.26. The lowest BCUT2D eigenvalue weighted by molar-refractivity contribution is -0.131. The number of fused-ring (bicyclic) bond motifs is 5. The largest absolute Gasteiger partial charge is 0.299 e. The predicted octanol–water partition coefficient (Wildman–Crippen LogP) is 5.13. The van der Waals surface area contributed by atoms with E-state index in [4.69, 9.17) is 11.6 Å². The summed E-state index contributed by atoms with van der Waals surface area (Å²) in [6, 6.07) is 0. The van der Waals surface area contributed by atoms with Crippen LogP contribution in [-0.2, 0) is 4.79 Å². The van der Waals surface area contributed by atoms with Crippen molar-refractivity contribution in [3.05, 3.63) is 11.6 Å². The minimum Gasteiger partial charge on any atom is -0.299 e. The number of Topliss-reactive ketones (excluding diaryl/α,β-unsaturated/α-hetero) is 1. The first kappa shape index (κ1) is 14.3. The maximum atomic E-state index is 12.4. The Bertz CT molecular complexity index is 510. The van der Waals surface area contributed by atoms with Crippen LogP contribution < -0.4 is 0 Å². The first-order valence-electron chi connectivity index (χ1n) is 8.82. The molecule has 0 N–H and O–H groups in total. The standard InChI is InChI=1S/C19H27ClO/c1-18-9-7-13(20)11-12(18)3-4-14-15-5-6-17(21)19(15,2)10-8-16(14)18/h3,13-16H,4-11H2,1-2H3/t13-,14-,15-,16-,18+,19-/m1/s1. The molecule has 0 unspecified atom stereocenters. The zero-order valence-corrected chi connectivity index (χ0v) is 14.1. The predicted molar refractivity (Wildman–Crippen MR) is 86.4 cm³/mol. The molecule has 21 heavy (non-hydrogen) atoms. The Morgan fingerprint density at radius 2 is 1.81 bits per heavy atom. The van der Waals surface area contributed by atoms with Crippen molar-refractivity contribution in [2.45, 2.75) is 70.6 Å². The topological polar surface area (TPSA) is 17.1 Å². The van der Waals surface area contributed by atoms with Crippen LogP contribution in [-0.4, -0.2) is 11.2 Å². The summed E-state index contributed by atoms with van der Waals surface area (Å²) in [6.07, 6.45) is 11.6. The summed E-state index contributed by atoms with van der Waals surface area (Å²) < 4.78 is 0. The smallest absolute Gasteiger partial charge is 0.139 e. The quantitative estimate of drug-likeness (QED) is 0.448. The normalized spacial score (nSPS) is 52.7. The van der Waals surface area contributed by atoms with Crippen LogP contribution in [0.4, 0.5) is 0 Å². The summed E-state index contributed by atoms with van der Waals surface area (Å²) in [6.45, 7) is 4.76. The lowest BCUT2D eigenvalue weighted by Gasteiger charge is -2.56.